The number of carbonyl (C=O) groups excluding carboxylic acids is 1. The Labute approximate surface area is 226 Å². The van der Waals surface area contributed by atoms with E-state index >= 15 is 4.39 Å². The Morgan fingerprint density at radius 2 is 1.79 bits per heavy atom. The molecule has 0 saturated heterocycles. The van der Waals surface area contributed by atoms with Crippen LogP contribution in [0.4, 0.5) is 4.39 Å². The summed E-state index contributed by atoms with van der Waals surface area (Å²) in [6, 6.07) is 16.8. The minimum Gasteiger partial charge on any atom is -0.396 e. The van der Waals surface area contributed by atoms with Crippen LogP contribution in [0.2, 0.25) is 5.02 Å². The number of benzene rings is 3. The molecule has 2 aliphatic rings. The van der Waals surface area contributed by atoms with Crippen LogP contribution >= 0.6 is 11.6 Å². The van der Waals surface area contributed by atoms with Gasteiger partial charge < -0.3 is 14.9 Å². The molecule has 5 rings (SSSR count). The molecule has 1 aliphatic heterocycles. The van der Waals surface area contributed by atoms with E-state index < -0.39 is 28.5 Å². The maximum atomic E-state index is 16.2. The minimum atomic E-state index is -1.63. The first-order valence-electron chi connectivity index (χ1n) is 12.5. The van der Waals surface area contributed by atoms with Gasteiger partial charge in [-0.2, -0.15) is 0 Å². The molecular formula is C31H29ClFNO4. The molecule has 2 N–H and O–H groups in total. The Morgan fingerprint density at radius 3 is 2.34 bits per heavy atom. The lowest BCUT2D eigenvalue weighted by Crippen LogP contribution is -2.48. The minimum absolute atomic E-state index is 0.0713. The fourth-order valence-electron chi connectivity index (χ4n) is 4.96. The van der Waals surface area contributed by atoms with Crippen molar-refractivity contribution in [3.8, 4) is 12.3 Å². The average Bonchev–Trinajstić information content (AvgIpc) is 3.64. The first kappa shape index (κ1) is 26.4. The Morgan fingerprint density at radius 1 is 1.13 bits per heavy atom. The highest BCUT2D eigenvalue weighted by atomic mass is 35.5. The molecule has 7 heteroatoms. The van der Waals surface area contributed by atoms with Crippen molar-refractivity contribution in [3.05, 3.63) is 105 Å². The number of aliphatic hydroxyl groups excluding tert-OH is 1. The third-order valence-corrected chi connectivity index (χ3v) is 7.82. The van der Waals surface area contributed by atoms with E-state index in [0.29, 0.717) is 16.1 Å². The molecule has 1 heterocycles. The van der Waals surface area contributed by atoms with Crippen molar-refractivity contribution < 1.29 is 24.1 Å². The third-order valence-electron chi connectivity index (χ3n) is 7.57. The zero-order chi connectivity index (χ0) is 27.3. The molecule has 1 atom stereocenters. The number of ether oxygens (including phenoxy) is 1. The van der Waals surface area contributed by atoms with E-state index in [1.165, 1.54) is 17.0 Å². The van der Waals surface area contributed by atoms with Crippen LogP contribution in [0.15, 0.2) is 60.7 Å². The van der Waals surface area contributed by atoms with Gasteiger partial charge in [-0.25, -0.2) is 4.39 Å². The van der Waals surface area contributed by atoms with Gasteiger partial charge in [-0.1, -0.05) is 41.8 Å². The molecule has 5 nitrogen and oxygen atoms in total. The summed E-state index contributed by atoms with van der Waals surface area (Å²) in [7, 11) is 0. The molecule has 196 valence electrons. The van der Waals surface area contributed by atoms with Gasteiger partial charge in [0.2, 0.25) is 0 Å². The molecule has 1 unspecified atom stereocenters. The van der Waals surface area contributed by atoms with Crippen LogP contribution in [0.1, 0.15) is 64.9 Å². The molecule has 1 aliphatic carbocycles. The number of fused-ring (bicyclic) bond motifs is 1. The van der Waals surface area contributed by atoms with Gasteiger partial charge in [-0.05, 0) is 74.2 Å². The van der Waals surface area contributed by atoms with E-state index in [2.05, 4.69) is 5.92 Å². The van der Waals surface area contributed by atoms with Crippen molar-refractivity contribution in [1.82, 2.24) is 4.90 Å². The van der Waals surface area contributed by atoms with Gasteiger partial charge in [-0.3, -0.25) is 9.69 Å². The second-order valence-electron chi connectivity index (χ2n) is 10.8. The maximum Gasteiger partial charge on any atom is 0.257 e. The standard InChI is InChI=1S/C31H29ClFNO4/c1-4-20-5-7-21(8-6-20)17-34-28(36)25-15-23(29(2,3)37)16-26(33)27(25)31(34,22-9-11-24(32)12-10-22)38-19-30(18-35)13-14-30/h1,5-12,15-16,35,37H,13-14,17-19H2,2-3H3. The van der Waals surface area contributed by atoms with Crippen LogP contribution in [0.5, 0.6) is 0 Å². The molecule has 0 spiro atoms. The number of hydrogen-bond acceptors (Lipinski definition) is 4. The number of carbonyl (C=O) groups is 1. The zero-order valence-corrected chi connectivity index (χ0v) is 22.1. The van der Waals surface area contributed by atoms with Crippen molar-refractivity contribution in [1.29, 1.82) is 0 Å². The van der Waals surface area contributed by atoms with Gasteiger partial charge in [0.15, 0.2) is 5.72 Å². The van der Waals surface area contributed by atoms with Crippen molar-refractivity contribution in [2.24, 2.45) is 5.41 Å². The third kappa shape index (κ3) is 4.50. The van der Waals surface area contributed by atoms with Gasteiger partial charge in [-0.15, -0.1) is 6.42 Å². The first-order valence-corrected chi connectivity index (χ1v) is 12.9. The highest BCUT2D eigenvalue weighted by molar-refractivity contribution is 6.30. The first-order chi connectivity index (χ1) is 18.0. The molecule has 1 fully saturated rings. The molecule has 38 heavy (non-hydrogen) atoms. The number of nitrogens with zero attached hydrogens (tertiary/aromatic N) is 1. The Balaban J connectivity index is 1.73. The van der Waals surface area contributed by atoms with Crippen molar-refractivity contribution in [2.75, 3.05) is 13.2 Å². The van der Waals surface area contributed by atoms with Gasteiger partial charge in [0.25, 0.3) is 5.91 Å². The number of rotatable bonds is 8. The lowest BCUT2D eigenvalue weighted by atomic mass is 9.88. The summed E-state index contributed by atoms with van der Waals surface area (Å²) in [5, 5.41) is 21.1. The van der Waals surface area contributed by atoms with Crippen LogP contribution in [-0.2, 0) is 22.6 Å². The largest absolute Gasteiger partial charge is 0.396 e. The zero-order valence-electron chi connectivity index (χ0n) is 21.3. The average molecular weight is 534 g/mol. The second-order valence-corrected chi connectivity index (χ2v) is 11.2. The molecule has 0 aromatic heterocycles. The van der Waals surface area contributed by atoms with Crippen molar-refractivity contribution in [3.63, 3.8) is 0 Å². The summed E-state index contributed by atoms with van der Waals surface area (Å²) in [6.45, 7) is 3.24. The lowest BCUT2D eigenvalue weighted by Gasteiger charge is -2.40. The molecule has 0 radical (unpaired) electrons. The molecule has 3 aromatic carbocycles. The van der Waals surface area contributed by atoms with E-state index in [9.17, 15) is 15.0 Å². The molecular weight excluding hydrogens is 505 g/mol. The van der Waals surface area contributed by atoms with E-state index in [1.54, 1.807) is 50.2 Å². The van der Waals surface area contributed by atoms with E-state index in [1.807, 2.05) is 12.1 Å². The predicted molar refractivity (Wildman–Crippen MR) is 143 cm³/mol. The fraction of sp³-hybridized carbons (Fsp3) is 0.323. The Hall–Kier alpha value is -3.21. The van der Waals surface area contributed by atoms with Crippen LogP contribution < -0.4 is 0 Å². The Bertz CT molecular complexity index is 1420. The number of hydrogen-bond donors (Lipinski definition) is 2. The lowest BCUT2D eigenvalue weighted by molar-refractivity contribution is -0.130. The van der Waals surface area contributed by atoms with Crippen LogP contribution in [0.25, 0.3) is 0 Å². The van der Waals surface area contributed by atoms with E-state index in [-0.39, 0.29) is 36.4 Å². The normalized spacial score (nSPS) is 19.8. The van der Waals surface area contributed by atoms with E-state index in [4.69, 9.17) is 22.8 Å². The maximum absolute atomic E-state index is 16.2. The molecule has 0 bridgehead atoms. The fourth-order valence-corrected chi connectivity index (χ4v) is 5.09. The second kappa shape index (κ2) is 9.52. The van der Waals surface area contributed by atoms with Gasteiger partial charge in [0.05, 0.1) is 29.9 Å². The summed E-state index contributed by atoms with van der Waals surface area (Å²) in [4.78, 5) is 15.6. The highest BCUT2D eigenvalue weighted by Gasteiger charge is 2.56. The number of halogens is 2. The summed E-state index contributed by atoms with van der Waals surface area (Å²) < 4.78 is 22.8. The topological polar surface area (TPSA) is 70.0 Å². The summed E-state index contributed by atoms with van der Waals surface area (Å²) >= 11 is 6.20. The quantitative estimate of drug-likeness (QED) is 0.384. The monoisotopic (exact) mass is 533 g/mol. The summed E-state index contributed by atoms with van der Waals surface area (Å²) in [5.74, 6) is 1.48. The van der Waals surface area contributed by atoms with Crippen molar-refractivity contribution >= 4 is 17.5 Å². The van der Waals surface area contributed by atoms with Crippen molar-refractivity contribution in [2.45, 2.75) is 44.6 Å². The van der Waals surface area contributed by atoms with Crippen LogP contribution in [0, 0.1) is 23.6 Å². The Kier molecular flexibility index (Phi) is 6.61. The molecule has 1 saturated carbocycles. The summed E-state index contributed by atoms with van der Waals surface area (Å²) in [6.07, 6.45) is 7.06. The smallest absolute Gasteiger partial charge is 0.257 e. The van der Waals surface area contributed by atoms with Gasteiger partial charge >= 0.3 is 0 Å². The predicted octanol–water partition coefficient (Wildman–Crippen LogP) is 5.33. The molecule has 3 aromatic rings. The van der Waals surface area contributed by atoms with E-state index in [0.717, 1.165) is 18.4 Å². The SMILES string of the molecule is C#Cc1ccc(CN2C(=O)c3cc(C(C)(C)O)cc(F)c3C2(OCC2(CO)CC2)c2ccc(Cl)cc2)cc1. The van der Waals surface area contributed by atoms with Crippen LogP contribution in [-0.4, -0.2) is 34.2 Å². The number of amides is 1. The summed E-state index contributed by atoms with van der Waals surface area (Å²) in [5.41, 5.74) is -0.961. The number of terminal acetylenes is 1. The molecule has 1 amide bonds. The number of aliphatic hydroxyl groups is 2. The van der Waals surface area contributed by atoms with Gasteiger partial charge in [0.1, 0.15) is 5.82 Å². The highest BCUT2D eigenvalue weighted by Crippen LogP contribution is 2.52. The van der Waals surface area contributed by atoms with Crippen LogP contribution in [0.3, 0.4) is 0 Å². The van der Waals surface area contributed by atoms with Gasteiger partial charge in [0, 0.05) is 28.1 Å².